The van der Waals surface area contributed by atoms with Gasteiger partial charge in [-0.25, -0.2) is 4.98 Å². The summed E-state index contributed by atoms with van der Waals surface area (Å²) < 4.78 is 12.1. The van der Waals surface area contributed by atoms with Gasteiger partial charge >= 0.3 is 0 Å². The minimum Gasteiger partial charge on any atom is -0.454 e. The molecule has 0 saturated heterocycles. The van der Waals surface area contributed by atoms with Gasteiger partial charge in [-0.05, 0) is 54.1 Å². The van der Waals surface area contributed by atoms with Crippen LogP contribution in [0, 0.1) is 0 Å². The minimum atomic E-state index is -0.160. The van der Waals surface area contributed by atoms with Crippen molar-refractivity contribution in [1.29, 1.82) is 0 Å². The van der Waals surface area contributed by atoms with E-state index < -0.39 is 0 Å². The normalized spacial score (nSPS) is 11.9. The topological polar surface area (TPSA) is 79.6 Å². The van der Waals surface area contributed by atoms with Crippen LogP contribution in [0.3, 0.4) is 0 Å². The van der Waals surface area contributed by atoms with Gasteiger partial charge in [-0.1, -0.05) is 52.6 Å². The number of carbonyl (C=O) groups excluding carboxylic acids is 1. The molecule has 0 spiro atoms. The maximum atomic E-state index is 12.9. The number of hydrogen-bond donors (Lipinski definition) is 0. The molecule has 45 heavy (non-hydrogen) atoms. The molecule has 4 aromatic carbocycles. The number of nitrogens with zero attached hydrogens (tertiary/aromatic N) is 5. The molecule has 0 atom stereocenters. The molecule has 0 unspecified atom stereocenters. The smallest absolute Gasteiger partial charge is 0.242 e. The number of alkyl halides is 1. The van der Waals surface area contributed by atoms with E-state index in [1.807, 2.05) is 62.6 Å². The Labute approximate surface area is 274 Å². The average molecular weight is 631 g/mol. The number of amides is 1. The molecule has 5 aromatic rings. The lowest BCUT2D eigenvalue weighted by atomic mass is 9.06. The van der Waals surface area contributed by atoms with Crippen LogP contribution in [-0.4, -0.2) is 66.1 Å². The molecule has 0 N–H and O–H groups in total. The first kappa shape index (κ1) is 30.8. The second kappa shape index (κ2) is 14.3. The van der Waals surface area contributed by atoms with Gasteiger partial charge in [0.2, 0.25) is 17.8 Å². The zero-order valence-corrected chi connectivity index (χ0v) is 26.9. The zero-order valence-electron chi connectivity index (χ0n) is 25.3. The second-order valence-corrected chi connectivity index (χ2v) is 12.3. The van der Waals surface area contributed by atoms with Gasteiger partial charge in [-0.15, -0.1) is 21.8 Å². The maximum absolute atomic E-state index is 12.9. The number of anilines is 2. The zero-order chi connectivity index (χ0) is 31.2. The molecular weight excluding hydrogens is 601 g/mol. The maximum Gasteiger partial charge on any atom is 0.242 e. The Kier molecular flexibility index (Phi) is 9.76. The number of halogens is 1. The van der Waals surface area contributed by atoms with Gasteiger partial charge in [0.15, 0.2) is 11.5 Å². The molecule has 6 rings (SSSR count). The predicted octanol–water partition coefficient (Wildman–Crippen LogP) is 3.72. The third-order valence-electron chi connectivity index (χ3n) is 7.75. The molecular formula is C31H30B4ClN5O3S. The fraction of sp³-hybridized carbons (Fsp3) is 0.161. The first-order valence-corrected chi connectivity index (χ1v) is 16.2. The van der Waals surface area contributed by atoms with Crippen molar-refractivity contribution in [3.05, 3.63) is 90.5 Å². The Morgan fingerprint density at radius 1 is 0.911 bits per heavy atom. The van der Waals surface area contributed by atoms with Crippen LogP contribution in [0.15, 0.2) is 95.2 Å². The average Bonchev–Trinajstić information content (AvgIpc) is 3.71. The van der Waals surface area contributed by atoms with E-state index >= 15 is 0 Å². The first-order valence-electron chi connectivity index (χ1n) is 14.9. The summed E-state index contributed by atoms with van der Waals surface area (Å²) in [6, 6.07) is 28.2. The Morgan fingerprint density at radius 2 is 1.69 bits per heavy atom. The highest BCUT2D eigenvalue weighted by atomic mass is 35.5. The molecule has 0 aliphatic carbocycles. The van der Waals surface area contributed by atoms with Gasteiger partial charge in [0.25, 0.3) is 0 Å². The number of rotatable bonds is 12. The highest BCUT2D eigenvalue weighted by Crippen LogP contribution is 2.36. The van der Waals surface area contributed by atoms with Crippen LogP contribution in [-0.2, 0) is 11.3 Å². The van der Waals surface area contributed by atoms with Crippen molar-refractivity contribution in [1.82, 2.24) is 4.98 Å². The fourth-order valence-corrected chi connectivity index (χ4v) is 6.29. The molecule has 1 amide bonds. The Hall–Kier alpha value is -4.21. The van der Waals surface area contributed by atoms with Crippen LogP contribution in [0.1, 0.15) is 5.56 Å². The van der Waals surface area contributed by atoms with E-state index in [0.29, 0.717) is 23.2 Å². The van der Waals surface area contributed by atoms with Gasteiger partial charge in [0, 0.05) is 31.5 Å². The Bertz CT molecular complexity index is 1840. The van der Waals surface area contributed by atoms with Gasteiger partial charge in [0.05, 0.1) is 36.6 Å². The summed E-state index contributed by atoms with van der Waals surface area (Å²) >= 11 is 7.57. The van der Waals surface area contributed by atoms with Crippen molar-refractivity contribution in [2.75, 3.05) is 36.6 Å². The lowest BCUT2D eigenvalue weighted by Gasteiger charge is -2.24. The summed E-state index contributed by atoms with van der Waals surface area (Å²) in [6.07, 6.45) is 0. The summed E-state index contributed by atoms with van der Waals surface area (Å²) in [5.74, 6) is 1.05. The number of fused-ring (bicyclic) bond motifs is 2. The fourth-order valence-electron chi connectivity index (χ4n) is 5.29. The molecule has 1 aromatic heterocycles. The van der Waals surface area contributed by atoms with E-state index in [2.05, 4.69) is 56.5 Å². The van der Waals surface area contributed by atoms with E-state index in [4.69, 9.17) is 21.1 Å². The number of aromatic nitrogens is 1. The third kappa shape index (κ3) is 7.54. The monoisotopic (exact) mass is 631 g/mol. The molecule has 0 saturated carbocycles. The molecule has 222 valence electrons. The van der Waals surface area contributed by atoms with Gasteiger partial charge < -0.3 is 19.3 Å². The second-order valence-electron chi connectivity index (χ2n) is 11.0. The largest absolute Gasteiger partial charge is 0.454 e. The van der Waals surface area contributed by atoms with Crippen molar-refractivity contribution >= 4 is 101 Å². The van der Waals surface area contributed by atoms with E-state index in [9.17, 15) is 4.79 Å². The molecule has 0 fully saturated rings. The molecule has 0 radical (unpaired) electrons. The van der Waals surface area contributed by atoms with E-state index in [-0.39, 0.29) is 18.6 Å². The summed E-state index contributed by atoms with van der Waals surface area (Å²) in [4.78, 5) is 21.3. The Balaban J connectivity index is 1.06. The number of benzene rings is 4. The van der Waals surface area contributed by atoms with E-state index in [0.717, 1.165) is 61.3 Å². The van der Waals surface area contributed by atoms with Crippen LogP contribution < -0.4 is 30.2 Å². The summed E-state index contributed by atoms with van der Waals surface area (Å²) in [6.45, 7) is 0.619. The molecule has 2 heterocycles. The van der Waals surface area contributed by atoms with Crippen LogP contribution in [0.2, 0.25) is 0 Å². The van der Waals surface area contributed by atoms with Crippen LogP contribution >= 0.6 is 22.9 Å². The minimum absolute atomic E-state index is 0.101. The van der Waals surface area contributed by atoms with Gasteiger partial charge in [-0.2, -0.15) is 0 Å². The number of hydrogen-bond acceptors (Lipinski definition) is 8. The van der Waals surface area contributed by atoms with E-state index in [1.54, 1.807) is 16.2 Å². The number of ether oxygens (including phenoxy) is 2. The van der Waals surface area contributed by atoms with E-state index in [1.165, 1.54) is 10.9 Å². The van der Waals surface area contributed by atoms with Gasteiger partial charge in [-0.3, -0.25) is 4.79 Å². The van der Waals surface area contributed by atoms with Crippen molar-refractivity contribution in [3.8, 4) is 11.5 Å². The first-order chi connectivity index (χ1) is 22.0. The van der Waals surface area contributed by atoms with Crippen molar-refractivity contribution in [2.45, 2.75) is 6.54 Å². The summed E-state index contributed by atoms with van der Waals surface area (Å²) in [5, 5.41) is 9.40. The highest BCUT2D eigenvalue weighted by molar-refractivity contribution is 7.47. The molecule has 14 heteroatoms. The predicted molar refractivity (Wildman–Crippen MR) is 193 cm³/mol. The summed E-state index contributed by atoms with van der Waals surface area (Å²) in [7, 11) is 7.98. The molecule has 1 aliphatic heterocycles. The lowest BCUT2D eigenvalue weighted by molar-refractivity contribution is -0.116. The molecule has 8 nitrogen and oxygen atoms in total. The standard InChI is InChI=1S/C31H30B4ClN5O3S/c1-40(2)23-10-8-22(9-11-23)38-39-31-37-26-13-7-21(15-29(26)45-31)32-34-35-33-25-6-4-3-5-20(25)18-41(30(42)17-36)24-12-14-27-28(16-24)44-19-43-27/h3-16,32-35H,17-19H2,1-2H3/b39-38+. The van der Waals surface area contributed by atoms with Gasteiger partial charge in [0.1, 0.15) is 20.2 Å². The number of carbonyl (C=O) groups is 1. The molecule has 0 bridgehead atoms. The van der Waals surface area contributed by atoms with Crippen LogP contribution in [0.5, 0.6) is 11.5 Å². The lowest BCUT2D eigenvalue weighted by Crippen LogP contribution is -2.37. The summed E-state index contributed by atoms with van der Waals surface area (Å²) in [5.41, 5.74) is 7.21. The highest BCUT2D eigenvalue weighted by Gasteiger charge is 2.21. The third-order valence-corrected chi connectivity index (χ3v) is 8.88. The number of azo groups is 1. The Morgan fingerprint density at radius 3 is 2.51 bits per heavy atom. The quantitative estimate of drug-likeness (QED) is 0.0909. The van der Waals surface area contributed by atoms with Crippen molar-refractivity contribution in [2.24, 2.45) is 10.2 Å². The molecule has 1 aliphatic rings. The number of thiazole rings is 1. The van der Waals surface area contributed by atoms with Crippen molar-refractivity contribution < 1.29 is 14.3 Å². The SMILES string of the molecule is CN(C)c1ccc(/N=N/c2nc3ccc(BBBBc4ccccc4CN(C(=O)CCl)c4ccc5c(c4)OCO5)cc3s2)cc1. The van der Waals surface area contributed by atoms with Crippen LogP contribution in [0.25, 0.3) is 10.2 Å². The van der Waals surface area contributed by atoms with Crippen LogP contribution in [0.4, 0.5) is 22.2 Å². The van der Waals surface area contributed by atoms with Crippen molar-refractivity contribution in [3.63, 3.8) is 0 Å².